The SMILES string of the molecule is CCC(C)(CC(C)C(=O)NC(C)C)C(=O)OCCOP(=O)(O)OCC[N+](C)(C)C.CCC(C)(CC(C)NC(=O)C(C)C)C(=O)OCCOP(=O)(O)OCC[N+](C)(C)C. The molecule has 0 saturated carbocycles. The van der Waals surface area contributed by atoms with Gasteiger partial charge in [0, 0.05) is 23.9 Å². The van der Waals surface area contributed by atoms with E-state index < -0.39 is 38.4 Å². The van der Waals surface area contributed by atoms with Gasteiger partial charge in [-0.2, -0.15) is 0 Å². The van der Waals surface area contributed by atoms with Crippen LogP contribution in [0, 0.1) is 22.7 Å². The summed E-state index contributed by atoms with van der Waals surface area (Å²) < 4.78 is 54.8. The van der Waals surface area contributed by atoms with Crippen LogP contribution in [0.3, 0.4) is 0 Å². The fraction of sp³-hybridized carbons (Fsp3) is 0.895. The largest absolute Gasteiger partial charge is 0.472 e. The molecule has 0 saturated heterocycles. The van der Waals surface area contributed by atoms with E-state index in [1.54, 1.807) is 34.6 Å². The molecule has 0 bridgehead atoms. The standard InChI is InChI=1S/2C19H39N2O7P/c1-9-19(5,14-16(4)17(22)20-15(2)3)18(23)26-12-13-28-29(24,25)27-11-10-21(6,7)8;1-9-19(5,14-16(4)20-17(22)15(2)3)18(23)26-12-13-28-29(24,25)27-11-10-21(6,7)8/h2*15-16H,9-14H2,1-8H3,(H-,20,22,24,25)/p+2. The number of hydrogen-bond acceptors (Lipinski definition) is 12. The molecule has 344 valence electrons. The van der Waals surface area contributed by atoms with E-state index in [1.807, 2.05) is 76.9 Å². The molecule has 0 aliphatic heterocycles. The third-order valence-corrected chi connectivity index (χ3v) is 11.1. The minimum atomic E-state index is -4.19. The number of phosphoric acid groups is 2. The van der Waals surface area contributed by atoms with Crippen LogP contribution in [0.2, 0.25) is 0 Å². The zero-order valence-electron chi connectivity index (χ0n) is 38.4. The second-order valence-corrected chi connectivity index (χ2v) is 20.8. The minimum absolute atomic E-state index is 0.0284. The number of carbonyl (C=O) groups excluding carboxylic acids is 4. The molecule has 0 aromatic carbocycles. The van der Waals surface area contributed by atoms with Crippen LogP contribution in [0.25, 0.3) is 0 Å². The molecule has 0 fully saturated rings. The highest BCUT2D eigenvalue weighted by atomic mass is 31.2. The van der Waals surface area contributed by atoms with Crippen molar-refractivity contribution in [3.8, 4) is 0 Å². The van der Waals surface area contributed by atoms with Gasteiger partial charge in [-0.15, -0.1) is 0 Å². The summed E-state index contributed by atoms with van der Waals surface area (Å²) in [6, 6.07) is -0.161. The number of rotatable bonds is 28. The van der Waals surface area contributed by atoms with Gasteiger partial charge in [-0.25, -0.2) is 9.13 Å². The lowest BCUT2D eigenvalue weighted by molar-refractivity contribution is -0.870. The van der Waals surface area contributed by atoms with Gasteiger partial charge in [-0.1, -0.05) is 34.6 Å². The maximum Gasteiger partial charge on any atom is 0.472 e. The molecule has 0 aliphatic carbocycles. The average molecular weight is 879 g/mol. The molecular weight excluding hydrogens is 798 g/mol. The molecule has 0 aromatic rings. The monoisotopic (exact) mass is 879 g/mol. The molecule has 0 rings (SSSR count). The van der Waals surface area contributed by atoms with Crippen molar-refractivity contribution in [3.63, 3.8) is 0 Å². The Kier molecular flexibility index (Phi) is 26.4. The van der Waals surface area contributed by atoms with Crippen LogP contribution in [0.1, 0.15) is 94.9 Å². The van der Waals surface area contributed by atoms with Crippen molar-refractivity contribution in [2.45, 2.75) is 107 Å². The summed E-state index contributed by atoms with van der Waals surface area (Å²) in [6.45, 7) is 18.6. The number of amides is 2. The first-order valence-electron chi connectivity index (χ1n) is 20.0. The van der Waals surface area contributed by atoms with Gasteiger partial charge in [0.1, 0.15) is 39.5 Å². The van der Waals surface area contributed by atoms with Crippen molar-refractivity contribution in [1.82, 2.24) is 10.6 Å². The number of ether oxygens (including phenoxy) is 2. The first-order chi connectivity index (χ1) is 26.2. The van der Waals surface area contributed by atoms with E-state index in [0.29, 0.717) is 47.7 Å². The first kappa shape index (κ1) is 58.1. The van der Waals surface area contributed by atoms with Gasteiger partial charge < -0.3 is 38.9 Å². The maximum atomic E-state index is 12.5. The number of likely N-dealkylation sites (N-methyl/N-ethyl adjacent to an activating group) is 2. The maximum absolute atomic E-state index is 12.5. The van der Waals surface area contributed by atoms with Crippen molar-refractivity contribution >= 4 is 39.4 Å². The number of esters is 2. The van der Waals surface area contributed by atoms with E-state index in [0.717, 1.165) is 0 Å². The summed E-state index contributed by atoms with van der Waals surface area (Å²) in [5.41, 5.74) is -1.62. The molecule has 0 heterocycles. The molecule has 0 spiro atoms. The van der Waals surface area contributed by atoms with Gasteiger partial charge >= 0.3 is 27.6 Å². The molecule has 2 amide bonds. The van der Waals surface area contributed by atoms with E-state index >= 15 is 0 Å². The zero-order valence-corrected chi connectivity index (χ0v) is 40.2. The summed E-state index contributed by atoms with van der Waals surface area (Å²) in [4.78, 5) is 68.3. The average Bonchev–Trinajstić information content (AvgIpc) is 3.06. The fourth-order valence-corrected chi connectivity index (χ4v) is 6.32. The summed E-state index contributed by atoms with van der Waals surface area (Å²) in [5, 5.41) is 5.72. The molecule has 0 aromatic heterocycles. The van der Waals surface area contributed by atoms with Gasteiger partial charge in [-0.05, 0) is 60.3 Å². The summed E-state index contributed by atoms with van der Waals surface area (Å²) in [5.74, 6) is -1.56. The summed E-state index contributed by atoms with van der Waals surface area (Å²) >= 11 is 0. The lowest BCUT2D eigenvalue weighted by atomic mass is 9.79. The van der Waals surface area contributed by atoms with Crippen LogP contribution in [-0.2, 0) is 55.9 Å². The third-order valence-electron chi connectivity index (χ3n) is 9.03. The second kappa shape index (κ2) is 26.4. The molecule has 6 atom stereocenters. The quantitative estimate of drug-likeness (QED) is 0.0363. The van der Waals surface area contributed by atoms with Crippen LogP contribution in [0.5, 0.6) is 0 Å². The zero-order chi connectivity index (χ0) is 45.8. The Morgan fingerprint density at radius 2 is 0.948 bits per heavy atom. The topological polar surface area (TPSA) is 222 Å². The Bertz CT molecular complexity index is 1350. The number of phosphoric ester groups is 2. The number of hydrogen-bond donors (Lipinski definition) is 4. The lowest BCUT2D eigenvalue weighted by Crippen LogP contribution is -2.41. The van der Waals surface area contributed by atoms with Crippen molar-refractivity contribution in [1.29, 1.82) is 0 Å². The predicted molar refractivity (Wildman–Crippen MR) is 222 cm³/mol. The van der Waals surface area contributed by atoms with Gasteiger partial charge in [-0.3, -0.25) is 37.3 Å². The molecule has 20 heteroatoms. The van der Waals surface area contributed by atoms with Crippen molar-refractivity contribution in [2.24, 2.45) is 22.7 Å². The Labute approximate surface area is 348 Å². The highest BCUT2D eigenvalue weighted by Crippen LogP contribution is 2.43. The Morgan fingerprint density at radius 1 is 0.586 bits per heavy atom. The lowest BCUT2D eigenvalue weighted by Gasteiger charge is -2.29. The Hall–Kier alpha value is -1.98. The Balaban J connectivity index is 0. The van der Waals surface area contributed by atoms with Gasteiger partial charge in [0.05, 0.1) is 66.3 Å². The summed E-state index contributed by atoms with van der Waals surface area (Å²) in [7, 11) is 3.24. The smallest absolute Gasteiger partial charge is 0.463 e. The summed E-state index contributed by atoms with van der Waals surface area (Å²) in [6.07, 6.45) is 1.79. The second-order valence-electron chi connectivity index (χ2n) is 17.9. The van der Waals surface area contributed by atoms with E-state index in [9.17, 15) is 38.1 Å². The number of quaternary nitrogens is 2. The van der Waals surface area contributed by atoms with Gasteiger partial charge in [0.2, 0.25) is 11.8 Å². The number of nitrogens with zero attached hydrogens (tertiary/aromatic N) is 2. The molecule has 4 N–H and O–H groups in total. The minimum Gasteiger partial charge on any atom is -0.463 e. The molecule has 0 radical (unpaired) electrons. The highest BCUT2D eigenvalue weighted by Gasteiger charge is 2.37. The van der Waals surface area contributed by atoms with Crippen LogP contribution in [0.15, 0.2) is 0 Å². The van der Waals surface area contributed by atoms with Crippen LogP contribution in [0.4, 0.5) is 0 Å². The van der Waals surface area contributed by atoms with E-state index in [1.165, 1.54) is 0 Å². The van der Waals surface area contributed by atoms with E-state index in [4.69, 9.17) is 27.6 Å². The Morgan fingerprint density at radius 3 is 1.28 bits per heavy atom. The van der Waals surface area contributed by atoms with E-state index in [-0.39, 0.29) is 75.4 Å². The van der Waals surface area contributed by atoms with Crippen molar-refractivity contribution in [2.75, 3.05) is 95.0 Å². The van der Waals surface area contributed by atoms with Crippen LogP contribution < -0.4 is 10.6 Å². The molecule has 18 nitrogen and oxygen atoms in total. The van der Waals surface area contributed by atoms with Crippen molar-refractivity contribution < 1.29 is 74.6 Å². The normalized spacial score (nSPS) is 17.3. The highest BCUT2D eigenvalue weighted by molar-refractivity contribution is 7.47. The van der Waals surface area contributed by atoms with Crippen LogP contribution in [-0.4, -0.2) is 150 Å². The molecule has 58 heavy (non-hydrogen) atoms. The number of carbonyl (C=O) groups is 4. The molecule has 6 unspecified atom stereocenters. The van der Waals surface area contributed by atoms with Gasteiger partial charge in [0.15, 0.2) is 0 Å². The third kappa shape index (κ3) is 27.7. The fourth-order valence-electron chi connectivity index (χ4n) is 4.93. The number of nitrogens with one attached hydrogen (secondary N) is 2. The first-order valence-corrected chi connectivity index (χ1v) is 23.0. The van der Waals surface area contributed by atoms with E-state index in [2.05, 4.69) is 10.6 Å². The van der Waals surface area contributed by atoms with Gasteiger partial charge in [0.25, 0.3) is 0 Å². The predicted octanol–water partition coefficient (Wildman–Crippen LogP) is 4.67. The molecular formula is C38H80N4O14P2+2. The van der Waals surface area contributed by atoms with Crippen LogP contribution >= 0.6 is 15.6 Å². The van der Waals surface area contributed by atoms with Crippen molar-refractivity contribution in [3.05, 3.63) is 0 Å². The molecule has 0 aliphatic rings.